The maximum atomic E-state index is 5.56. The van der Waals surface area contributed by atoms with Crippen molar-refractivity contribution in [2.24, 2.45) is 5.92 Å². The normalized spacial score (nSPS) is 13.7. The van der Waals surface area contributed by atoms with Gasteiger partial charge in [-0.3, -0.25) is 0 Å². The van der Waals surface area contributed by atoms with Crippen LogP contribution in [0.15, 0.2) is 28.7 Å². The van der Waals surface area contributed by atoms with Crippen molar-refractivity contribution < 1.29 is 4.74 Å². The number of ether oxygens (including phenoxy) is 1. The van der Waals surface area contributed by atoms with Gasteiger partial charge in [0.05, 0.1) is 5.60 Å². The lowest BCUT2D eigenvalue weighted by Gasteiger charge is -2.26. The third-order valence-electron chi connectivity index (χ3n) is 3.94. The molecule has 0 aliphatic rings. The van der Waals surface area contributed by atoms with Crippen LogP contribution in [0.3, 0.4) is 0 Å². The van der Waals surface area contributed by atoms with Crippen molar-refractivity contribution >= 4 is 15.9 Å². The Morgan fingerprint density at radius 3 is 2.57 bits per heavy atom. The Morgan fingerprint density at radius 1 is 1.29 bits per heavy atom. The Balaban J connectivity index is 2.63. The van der Waals surface area contributed by atoms with Gasteiger partial charge in [-0.1, -0.05) is 41.9 Å². The Labute approximate surface area is 138 Å². The van der Waals surface area contributed by atoms with E-state index >= 15 is 0 Å². The molecule has 0 saturated heterocycles. The second kappa shape index (κ2) is 8.92. The molecule has 0 spiro atoms. The molecule has 0 heterocycles. The number of benzene rings is 1. The molecule has 0 bridgehead atoms. The zero-order chi connectivity index (χ0) is 15.9. The van der Waals surface area contributed by atoms with Crippen LogP contribution in [-0.2, 0) is 11.2 Å². The lowest BCUT2D eigenvalue weighted by Crippen LogP contribution is -2.32. The van der Waals surface area contributed by atoms with E-state index in [1.165, 1.54) is 12.0 Å². The molecular formula is C18H30BrNO. The maximum Gasteiger partial charge on any atom is 0.0622 e. The first-order valence-electron chi connectivity index (χ1n) is 7.85. The molecule has 1 aromatic carbocycles. The number of hydrogen-bond acceptors (Lipinski definition) is 2. The van der Waals surface area contributed by atoms with Gasteiger partial charge in [-0.15, -0.1) is 0 Å². The number of halogens is 1. The predicted molar refractivity (Wildman–Crippen MR) is 94.8 cm³/mol. The Bertz CT molecular complexity index is 417. The minimum atomic E-state index is -0.0344. The van der Waals surface area contributed by atoms with E-state index in [-0.39, 0.29) is 5.60 Å². The van der Waals surface area contributed by atoms with Gasteiger partial charge in [0.25, 0.3) is 0 Å². The van der Waals surface area contributed by atoms with Crippen LogP contribution in [0.5, 0.6) is 0 Å². The molecule has 0 aliphatic heterocycles. The highest BCUT2D eigenvalue weighted by Gasteiger charge is 2.19. The fourth-order valence-corrected chi connectivity index (χ4v) is 2.78. The van der Waals surface area contributed by atoms with Gasteiger partial charge in [-0.25, -0.2) is 0 Å². The topological polar surface area (TPSA) is 21.3 Å². The molecular weight excluding hydrogens is 326 g/mol. The van der Waals surface area contributed by atoms with Gasteiger partial charge >= 0.3 is 0 Å². The molecule has 0 radical (unpaired) electrons. The molecule has 21 heavy (non-hydrogen) atoms. The van der Waals surface area contributed by atoms with Crippen molar-refractivity contribution in [2.45, 2.75) is 58.6 Å². The highest BCUT2D eigenvalue weighted by Crippen LogP contribution is 2.23. The zero-order valence-electron chi connectivity index (χ0n) is 14.1. The van der Waals surface area contributed by atoms with Gasteiger partial charge in [0.1, 0.15) is 0 Å². The molecule has 1 rings (SSSR count). The van der Waals surface area contributed by atoms with Crippen molar-refractivity contribution in [1.29, 1.82) is 0 Å². The molecule has 1 N–H and O–H groups in total. The molecule has 0 amide bonds. The Kier molecular flexibility index (Phi) is 7.93. The van der Waals surface area contributed by atoms with Gasteiger partial charge in [-0.2, -0.15) is 0 Å². The molecule has 3 heteroatoms. The van der Waals surface area contributed by atoms with Crippen LogP contribution in [0.25, 0.3) is 0 Å². The van der Waals surface area contributed by atoms with Crippen LogP contribution in [0.1, 0.15) is 46.1 Å². The smallest absolute Gasteiger partial charge is 0.0622 e. The van der Waals surface area contributed by atoms with E-state index in [2.05, 4.69) is 73.2 Å². The van der Waals surface area contributed by atoms with Gasteiger partial charge in [0.15, 0.2) is 0 Å². The van der Waals surface area contributed by atoms with Crippen LogP contribution in [0.4, 0.5) is 0 Å². The standard InChI is InChI=1S/C18H30BrNO/c1-14(2)20-13-16(9-10-18(3,4)21-5)11-15-7-6-8-17(19)12-15/h6-8,12,14,16,20H,9-11,13H2,1-5H3. The van der Waals surface area contributed by atoms with Gasteiger partial charge in [0.2, 0.25) is 0 Å². The molecule has 0 fully saturated rings. The average molecular weight is 356 g/mol. The first-order valence-corrected chi connectivity index (χ1v) is 8.64. The van der Waals surface area contributed by atoms with Crippen molar-refractivity contribution in [2.75, 3.05) is 13.7 Å². The molecule has 2 nitrogen and oxygen atoms in total. The number of hydrogen-bond donors (Lipinski definition) is 1. The van der Waals surface area contributed by atoms with Gasteiger partial charge < -0.3 is 10.1 Å². The Hall–Kier alpha value is -0.380. The van der Waals surface area contributed by atoms with Gasteiger partial charge in [-0.05, 0) is 63.3 Å². The molecule has 0 saturated carbocycles. The highest BCUT2D eigenvalue weighted by molar-refractivity contribution is 9.10. The fourth-order valence-electron chi connectivity index (χ4n) is 2.33. The summed E-state index contributed by atoms with van der Waals surface area (Å²) in [6, 6.07) is 9.17. The van der Waals surface area contributed by atoms with E-state index in [4.69, 9.17) is 4.74 Å². The van der Waals surface area contributed by atoms with Crippen molar-refractivity contribution in [3.8, 4) is 0 Å². The first-order chi connectivity index (χ1) is 9.82. The summed E-state index contributed by atoms with van der Waals surface area (Å²) < 4.78 is 6.72. The summed E-state index contributed by atoms with van der Waals surface area (Å²) in [5.74, 6) is 0.635. The number of nitrogens with one attached hydrogen (secondary N) is 1. The predicted octanol–water partition coefficient (Wildman–Crippen LogP) is 4.81. The largest absolute Gasteiger partial charge is 0.379 e. The average Bonchev–Trinajstić information content (AvgIpc) is 2.42. The second-order valence-corrected chi connectivity index (χ2v) is 7.68. The maximum absolute atomic E-state index is 5.56. The van der Waals surface area contributed by atoms with Gasteiger partial charge in [0, 0.05) is 17.6 Å². The third-order valence-corrected chi connectivity index (χ3v) is 4.43. The highest BCUT2D eigenvalue weighted by atomic mass is 79.9. The quantitative estimate of drug-likeness (QED) is 0.686. The molecule has 1 atom stereocenters. The van der Waals surface area contributed by atoms with Crippen molar-refractivity contribution in [3.05, 3.63) is 34.3 Å². The van der Waals surface area contributed by atoms with E-state index in [9.17, 15) is 0 Å². The molecule has 0 aromatic heterocycles. The summed E-state index contributed by atoms with van der Waals surface area (Å²) in [7, 11) is 1.80. The Morgan fingerprint density at radius 2 is 2.00 bits per heavy atom. The van der Waals surface area contributed by atoms with E-state index in [0.717, 1.165) is 23.9 Å². The summed E-state index contributed by atoms with van der Waals surface area (Å²) in [6.07, 6.45) is 3.37. The van der Waals surface area contributed by atoms with Crippen molar-refractivity contribution in [1.82, 2.24) is 5.32 Å². The summed E-state index contributed by atoms with van der Waals surface area (Å²) >= 11 is 3.56. The molecule has 1 aromatic rings. The van der Waals surface area contributed by atoms with E-state index in [1.807, 2.05) is 0 Å². The second-order valence-electron chi connectivity index (χ2n) is 6.77. The SMILES string of the molecule is COC(C)(C)CCC(CNC(C)C)Cc1cccc(Br)c1. The summed E-state index contributed by atoms with van der Waals surface area (Å²) in [5.41, 5.74) is 1.36. The first kappa shape index (κ1) is 18.7. The van der Waals surface area contributed by atoms with Crippen LogP contribution in [0.2, 0.25) is 0 Å². The fraction of sp³-hybridized carbons (Fsp3) is 0.667. The van der Waals surface area contributed by atoms with E-state index < -0.39 is 0 Å². The number of methoxy groups -OCH3 is 1. The van der Waals surface area contributed by atoms with E-state index in [0.29, 0.717) is 12.0 Å². The molecule has 120 valence electrons. The number of rotatable bonds is 9. The summed E-state index contributed by atoms with van der Waals surface area (Å²) in [5, 5.41) is 3.58. The molecule has 0 aliphatic carbocycles. The molecule has 1 unspecified atom stereocenters. The van der Waals surface area contributed by atoms with Crippen molar-refractivity contribution in [3.63, 3.8) is 0 Å². The zero-order valence-corrected chi connectivity index (χ0v) is 15.7. The third kappa shape index (κ3) is 7.98. The lowest BCUT2D eigenvalue weighted by molar-refractivity contribution is 0.0103. The monoisotopic (exact) mass is 355 g/mol. The minimum absolute atomic E-state index is 0.0344. The van der Waals surface area contributed by atoms with Crippen LogP contribution >= 0.6 is 15.9 Å². The van der Waals surface area contributed by atoms with E-state index in [1.54, 1.807) is 7.11 Å². The van der Waals surface area contributed by atoms with Crippen LogP contribution in [-0.4, -0.2) is 25.3 Å². The van der Waals surface area contributed by atoms with Crippen LogP contribution < -0.4 is 5.32 Å². The summed E-state index contributed by atoms with van der Waals surface area (Å²) in [4.78, 5) is 0. The minimum Gasteiger partial charge on any atom is -0.379 e. The summed E-state index contributed by atoms with van der Waals surface area (Å²) in [6.45, 7) is 9.80. The van der Waals surface area contributed by atoms with Crippen LogP contribution in [0, 0.1) is 5.92 Å². The lowest BCUT2D eigenvalue weighted by atomic mass is 9.90.